The fourth-order valence-electron chi connectivity index (χ4n) is 1.54. The van der Waals surface area contributed by atoms with Crippen LogP contribution in [0.2, 0.25) is 0 Å². The molecule has 0 radical (unpaired) electrons. The van der Waals surface area contributed by atoms with E-state index >= 15 is 0 Å². The standard InChI is InChI=1S/C12H26ClO3P/c1-5-7-9-11(3)15-17(13,14)16-12(4)10-8-6-2/h11-12H,5-10H2,1-4H3. The monoisotopic (exact) mass is 284 g/mol. The molecule has 2 atom stereocenters. The summed E-state index contributed by atoms with van der Waals surface area (Å²) in [6, 6.07) is 0. The van der Waals surface area contributed by atoms with Crippen LogP contribution in [0.4, 0.5) is 0 Å². The number of unbranched alkanes of at least 4 members (excludes halogenated alkanes) is 2. The molecule has 0 spiro atoms. The lowest BCUT2D eigenvalue weighted by molar-refractivity contribution is 0.128. The maximum atomic E-state index is 11.9. The van der Waals surface area contributed by atoms with Crippen molar-refractivity contribution in [1.29, 1.82) is 0 Å². The maximum absolute atomic E-state index is 11.9. The molecule has 0 saturated heterocycles. The molecule has 0 bridgehead atoms. The predicted molar refractivity (Wildman–Crippen MR) is 73.6 cm³/mol. The van der Waals surface area contributed by atoms with Crippen LogP contribution in [0.1, 0.15) is 66.2 Å². The normalized spacial score (nSPS) is 18.6. The quantitative estimate of drug-likeness (QED) is 0.495. The van der Waals surface area contributed by atoms with Crippen LogP contribution in [0, 0.1) is 0 Å². The van der Waals surface area contributed by atoms with E-state index in [1.165, 1.54) is 0 Å². The summed E-state index contributed by atoms with van der Waals surface area (Å²) in [6.07, 6.45) is 5.77. The van der Waals surface area contributed by atoms with Crippen molar-refractivity contribution in [2.24, 2.45) is 0 Å². The Morgan fingerprint density at radius 3 is 1.65 bits per heavy atom. The van der Waals surface area contributed by atoms with Crippen molar-refractivity contribution in [2.75, 3.05) is 0 Å². The van der Waals surface area contributed by atoms with Crippen molar-refractivity contribution in [3.63, 3.8) is 0 Å². The van der Waals surface area contributed by atoms with Crippen LogP contribution in [-0.2, 0) is 13.6 Å². The van der Waals surface area contributed by atoms with Gasteiger partial charge in [-0.3, -0.25) is 9.05 Å². The lowest BCUT2D eigenvalue weighted by Gasteiger charge is -2.20. The van der Waals surface area contributed by atoms with Gasteiger partial charge in [0, 0.05) is 11.2 Å². The van der Waals surface area contributed by atoms with Crippen molar-refractivity contribution in [1.82, 2.24) is 0 Å². The molecule has 17 heavy (non-hydrogen) atoms. The van der Waals surface area contributed by atoms with Gasteiger partial charge >= 0.3 is 6.95 Å². The molecule has 0 aliphatic rings. The second-order valence-electron chi connectivity index (χ2n) is 4.55. The molecule has 0 aliphatic carbocycles. The van der Waals surface area contributed by atoms with Gasteiger partial charge in [0.2, 0.25) is 0 Å². The summed E-state index contributed by atoms with van der Waals surface area (Å²) in [6.45, 7) is 4.56. The third kappa shape index (κ3) is 10.1. The molecule has 0 aliphatic heterocycles. The van der Waals surface area contributed by atoms with Crippen LogP contribution in [0.5, 0.6) is 0 Å². The van der Waals surface area contributed by atoms with Gasteiger partial charge in [-0.15, -0.1) is 0 Å². The van der Waals surface area contributed by atoms with Crippen LogP contribution >= 0.6 is 18.2 Å². The second kappa shape index (κ2) is 9.38. The first-order valence-corrected chi connectivity index (χ1v) is 9.02. The van der Waals surface area contributed by atoms with E-state index in [1.54, 1.807) is 0 Å². The minimum absolute atomic E-state index is 0.114. The van der Waals surface area contributed by atoms with Gasteiger partial charge < -0.3 is 0 Å². The molecule has 0 aromatic carbocycles. The fraction of sp³-hybridized carbons (Fsp3) is 1.00. The van der Waals surface area contributed by atoms with E-state index in [-0.39, 0.29) is 12.2 Å². The first kappa shape index (κ1) is 17.4. The van der Waals surface area contributed by atoms with Gasteiger partial charge in [0.05, 0.1) is 12.2 Å². The molecule has 104 valence electrons. The molecular formula is C12H26ClO3P. The molecule has 0 aromatic rings. The summed E-state index contributed by atoms with van der Waals surface area (Å²) < 4.78 is 22.5. The summed E-state index contributed by atoms with van der Waals surface area (Å²) in [5.74, 6) is 0. The summed E-state index contributed by atoms with van der Waals surface area (Å²) >= 11 is 5.79. The van der Waals surface area contributed by atoms with Crippen molar-refractivity contribution >= 4 is 18.2 Å². The van der Waals surface area contributed by atoms with Crippen LogP contribution in [-0.4, -0.2) is 12.2 Å². The molecule has 2 unspecified atom stereocenters. The van der Waals surface area contributed by atoms with E-state index in [0.29, 0.717) is 0 Å². The summed E-state index contributed by atoms with van der Waals surface area (Å²) in [7, 11) is 0. The number of hydrogen-bond acceptors (Lipinski definition) is 3. The minimum atomic E-state index is -3.41. The third-order valence-corrected chi connectivity index (χ3v) is 4.24. The Kier molecular flexibility index (Phi) is 9.62. The van der Waals surface area contributed by atoms with Crippen molar-refractivity contribution in [3.05, 3.63) is 0 Å². The van der Waals surface area contributed by atoms with E-state index in [0.717, 1.165) is 38.5 Å². The van der Waals surface area contributed by atoms with Crippen LogP contribution in [0.25, 0.3) is 0 Å². The van der Waals surface area contributed by atoms with E-state index < -0.39 is 6.95 Å². The molecule has 0 aromatic heterocycles. The molecule has 0 amide bonds. The van der Waals surface area contributed by atoms with Crippen molar-refractivity contribution < 1.29 is 13.6 Å². The molecule has 0 rings (SSSR count). The molecule has 5 heteroatoms. The average molecular weight is 285 g/mol. The van der Waals surface area contributed by atoms with Gasteiger partial charge in [0.15, 0.2) is 0 Å². The van der Waals surface area contributed by atoms with Crippen molar-refractivity contribution in [2.45, 2.75) is 78.4 Å². The van der Waals surface area contributed by atoms with Gasteiger partial charge in [0.1, 0.15) is 0 Å². The van der Waals surface area contributed by atoms with E-state index in [4.69, 9.17) is 20.3 Å². The summed E-state index contributed by atoms with van der Waals surface area (Å²) in [5.41, 5.74) is 0. The fourth-order valence-corrected chi connectivity index (χ4v) is 3.48. The van der Waals surface area contributed by atoms with Gasteiger partial charge in [0.25, 0.3) is 0 Å². The number of halogens is 1. The topological polar surface area (TPSA) is 35.5 Å². The van der Waals surface area contributed by atoms with Crippen LogP contribution in [0.3, 0.4) is 0 Å². The largest absolute Gasteiger partial charge is 0.424 e. The highest BCUT2D eigenvalue weighted by molar-refractivity contribution is 7.81. The lowest BCUT2D eigenvalue weighted by Crippen LogP contribution is -2.10. The molecule has 0 N–H and O–H groups in total. The molecular weight excluding hydrogens is 259 g/mol. The van der Waals surface area contributed by atoms with Gasteiger partial charge in [-0.1, -0.05) is 39.5 Å². The Morgan fingerprint density at radius 1 is 1.00 bits per heavy atom. The zero-order chi connectivity index (χ0) is 13.3. The summed E-state index contributed by atoms with van der Waals surface area (Å²) in [4.78, 5) is 0. The first-order chi connectivity index (χ1) is 7.91. The Balaban J connectivity index is 3.96. The highest BCUT2D eigenvalue weighted by atomic mass is 35.7. The van der Waals surface area contributed by atoms with Crippen molar-refractivity contribution in [3.8, 4) is 0 Å². The molecule has 0 saturated carbocycles. The van der Waals surface area contributed by atoms with Gasteiger partial charge in [-0.05, 0) is 26.7 Å². The summed E-state index contributed by atoms with van der Waals surface area (Å²) in [5, 5.41) is 0. The van der Waals surface area contributed by atoms with E-state index in [2.05, 4.69) is 13.8 Å². The average Bonchev–Trinajstić information content (AvgIpc) is 2.22. The highest BCUT2D eigenvalue weighted by Gasteiger charge is 2.26. The minimum Gasteiger partial charge on any atom is -0.294 e. The Morgan fingerprint density at radius 2 is 1.35 bits per heavy atom. The smallest absolute Gasteiger partial charge is 0.294 e. The maximum Gasteiger partial charge on any atom is 0.424 e. The van der Waals surface area contributed by atoms with Crippen LogP contribution in [0.15, 0.2) is 0 Å². The predicted octanol–water partition coefficient (Wildman–Crippen LogP) is 5.52. The second-order valence-corrected chi connectivity index (χ2v) is 7.07. The molecule has 0 heterocycles. The SMILES string of the molecule is CCCCC(C)OP(=O)(Cl)OC(C)CCCC. The molecule has 0 fully saturated rings. The zero-order valence-corrected chi connectivity index (χ0v) is 13.1. The Hall–Kier alpha value is 0.440. The van der Waals surface area contributed by atoms with Crippen LogP contribution < -0.4 is 0 Å². The number of hydrogen-bond donors (Lipinski definition) is 0. The van der Waals surface area contributed by atoms with E-state index in [1.807, 2.05) is 13.8 Å². The van der Waals surface area contributed by atoms with Gasteiger partial charge in [-0.2, -0.15) is 0 Å². The zero-order valence-electron chi connectivity index (χ0n) is 11.4. The lowest BCUT2D eigenvalue weighted by atomic mass is 10.2. The third-order valence-electron chi connectivity index (χ3n) is 2.54. The number of rotatable bonds is 10. The highest BCUT2D eigenvalue weighted by Crippen LogP contribution is 2.56. The molecule has 3 nitrogen and oxygen atoms in total. The first-order valence-electron chi connectivity index (χ1n) is 6.57. The van der Waals surface area contributed by atoms with Gasteiger partial charge in [-0.25, -0.2) is 4.57 Å². The Labute approximate surface area is 111 Å². The van der Waals surface area contributed by atoms with E-state index in [9.17, 15) is 4.57 Å². The Bertz CT molecular complexity index is 216.